The first kappa shape index (κ1) is 16.2. The molecule has 2 heterocycles. The third-order valence-corrected chi connectivity index (χ3v) is 5.55. The quantitative estimate of drug-likeness (QED) is 0.810. The maximum Gasteiger partial charge on any atom is 0.244 e. The van der Waals surface area contributed by atoms with Crippen molar-refractivity contribution in [3.05, 3.63) is 34.2 Å². The highest BCUT2D eigenvalue weighted by molar-refractivity contribution is 7.89. The Balaban J connectivity index is 2.08. The van der Waals surface area contributed by atoms with Crippen molar-refractivity contribution in [1.29, 1.82) is 0 Å². The zero-order chi connectivity index (χ0) is 15.5. The molecule has 0 aromatic carbocycles. The average molecular weight is 329 g/mol. The minimum atomic E-state index is -3.57. The van der Waals surface area contributed by atoms with Gasteiger partial charge in [-0.1, -0.05) is 6.92 Å². The minimum absolute atomic E-state index is 0.0313. The number of nitrogens with zero attached hydrogens (tertiary/aromatic N) is 1. The predicted octanol–water partition coefficient (Wildman–Crippen LogP) is 1.85. The van der Waals surface area contributed by atoms with Crippen molar-refractivity contribution >= 4 is 21.4 Å². The second kappa shape index (κ2) is 6.69. The van der Waals surface area contributed by atoms with Crippen LogP contribution in [0.5, 0.6) is 0 Å². The van der Waals surface area contributed by atoms with E-state index < -0.39 is 10.0 Å². The van der Waals surface area contributed by atoms with Crippen molar-refractivity contribution in [2.75, 3.05) is 13.6 Å². The van der Waals surface area contributed by atoms with Crippen LogP contribution in [0.1, 0.15) is 29.4 Å². The van der Waals surface area contributed by atoms with Gasteiger partial charge in [0.05, 0.1) is 11.6 Å². The molecule has 0 saturated carbocycles. The van der Waals surface area contributed by atoms with Crippen LogP contribution in [0.4, 0.5) is 0 Å². The zero-order valence-electron chi connectivity index (χ0n) is 12.2. The molecule has 0 amide bonds. The van der Waals surface area contributed by atoms with Gasteiger partial charge >= 0.3 is 0 Å². The summed E-state index contributed by atoms with van der Waals surface area (Å²) >= 11 is 1.52. The number of hydrogen-bond acceptors (Lipinski definition) is 6. The molecule has 2 aromatic heterocycles. The predicted molar refractivity (Wildman–Crippen MR) is 81.9 cm³/mol. The highest BCUT2D eigenvalue weighted by Crippen LogP contribution is 2.21. The fourth-order valence-electron chi connectivity index (χ4n) is 1.93. The van der Waals surface area contributed by atoms with Crippen LogP contribution in [-0.4, -0.2) is 27.0 Å². The van der Waals surface area contributed by atoms with Crippen molar-refractivity contribution in [2.45, 2.75) is 31.2 Å². The summed E-state index contributed by atoms with van der Waals surface area (Å²) < 4.78 is 32.7. The van der Waals surface area contributed by atoms with Crippen molar-refractivity contribution < 1.29 is 12.8 Å². The highest BCUT2D eigenvalue weighted by Gasteiger charge is 2.22. The molecule has 2 N–H and O–H groups in total. The van der Waals surface area contributed by atoms with E-state index in [-0.39, 0.29) is 10.8 Å². The van der Waals surface area contributed by atoms with Crippen LogP contribution in [0, 0.1) is 6.92 Å². The largest absolute Gasteiger partial charge is 0.464 e. The van der Waals surface area contributed by atoms with E-state index >= 15 is 0 Å². The van der Waals surface area contributed by atoms with Crippen LogP contribution < -0.4 is 10.0 Å². The number of aromatic nitrogens is 1. The first-order valence-corrected chi connectivity index (χ1v) is 8.93. The summed E-state index contributed by atoms with van der Waals surface area (Å²) in [7, 11) is -1.79. The van der Waals surface area contributed by atoms with E-state index in [9.17, 15) is 8.42 Å². The number of aryl methyl sites for hydroxylation is 1. The summed E-state index contributed by atoms with van der Waals surface area (Å²) in [5, 5.41) is 5.72. The SMILES string of the molecule is CNCc1cc(S(=O)(=O)NCC(C)c2nccs2)c(C)o1. The smallest absolute Gasteiger partial charge is 0.244 e. The molecule has 6 nitrogen and oxygen atoms in total. The van der Waals surface area contributed by atoms with Gasteiger partial charge in [-0.3, -0.25) is 0 Å². The van der Waals surface area contributed by atoms with E-state index in [1.54, 1.807) is 26.2 Å². The second-order valence-electron chi connectivity index (χ2n) is 4.79. The molecular weight excluding hydrogens is 310 g/mol. The standard InChI is InChI=1S/C13H19N3O3S2/c1-9(13-15-4-5-20-13)7-16-21(17,18)12-6-11(8-14-3)19-10(12)2/h4-6,9,14,16H,7-8H2,1-3H3. The van der Waals surface area contributed by atoms with Crippen molar-refractivity contribution in [3.8, 4) is 0 Å². The van der Waals surface area contributed by atoms with Gasteiger partial charge in [0.25, 0.3) is 0 Å². The summed E-state index contributed by atoms with van der Waals surface area (Å²) in [5.74, 6) is 1.03. The van der Waals surface area contributed by atoms with E-state index in [4.69, 9.17) is 4.42 Å². The van der Waals surface area contributed by atoms with Gasteiger partial charge in [0.15, 0.2) is 0 Å². The summed E-state index contributed by atoms with van der Waals surface area (Å²) in [6.07, 6.45) is 1.72. The monoisotopic (exact) mass is 329 g/mol. The van der Waals surface area contributed by atoms with E-state index in [2.05, 4.69) is 15.0 Å². The van der Waals surface area contributed by atoms with Crippen LogP contribution >= 0.6 is 11.3 Å². The van der Waals surface area contributed by atoms with Gasteiger partial charge in [0.1, 0.15) is 16.4 Å². The van der Waals surface area contributed by atoms with Gasteiger partial charge < -0.3 is 9.73 Å². The number of sulfonamides is 1. The topological polar surface area (TPSA) is 84.2 Å². The van der Waals surface area contributed by atoms with E-state index in [0.29, 0.717) is 24.6 Å². The zero-order valence-corrected chi connectivity index (χ0v) is 13.8. The molecule has 1 atom stereocenters. The number of nitrogens with one attached hydrogen (secondary N) is 2. The molecule has 2 rings (SSSR count). The lowest BCUT2D eigenvalue weighted by molar-refractivity contribution is 0.465. The van der Waals surface area contributed by atoms with Gasteiger partial charge in [-0.15, -0.1) is 11.3 Å². The lowest BCUT2D eigenvalue weighted by Crippen LogP contribution is -2.27. The van der Waals surface area contributed by atoms with Crippen LogP contribution in [0.2, 0.25) is 0 Å². The average Bonchev–Trinajstić information content (AvgIpc) is 3.06. The van der Waals surface area contributed by atoms with Gasteiger partial charge in [-0.2, -0.15) is 0 Å². The van der Waals surface area contributed by atoms with Crippen molar-refractivity contribution in [3.63, 3.8) is 0 Å². The number of furan rings is 1. The fraction of sp³-hybridized carbons (Fsp3) is 0.462. The number of thiazole rings is 1. The Bertz CT molecular complexity index is 678. The molecule has 0 bridgehead atoms. The summed E-state index contributed by atoms with van der Waals surface area (Å²) in [5.41, 5.74) is 0. The molecule has 1 unspecified atom stereocenters. The Morgan fingerprint density at radius 2 is 2.24 bits per heavy atom. The Labute approximate surface area is 128 Å². The molecule has 0 aliphatic rings. The maximum atomic E-state index is 12.3. The molecule has 0 radical (unpaired) electrons. The van der Waals surface area contributed by atoms with E-state index in [1.807, 2.05) is 12.3 Å². The molecule has 0 aliphatic heterocycles. The van der Waals surface area contributed by atoms with Crippen molar-refractivity contribution in [1.82, 2.24) is 15.0 Å². The highest BCUT2D eigenvalue weighted by atomic mass is 32.2. The Kier molecular flexibility index (Phi) is 5.15. The van der Waals surface area contributed by atoms with Crippen LogP contribution in [0.3, 0.4) is 0 Å². The molecule has 21 heavy (non-hydrogen) atoms. The molecule has 2 aromatic rings. The Hall–Kier alpha value is -1.22. The minimum Gasteiger partial charge on any atom is -0.464 e. The molecule has 116 valence electrons. The third-order valence-electron chi connectivity index (χ3n) is 3.02. The number of hydrogen-bond donors (Lipinski definition) is 2. The first-order chi connectivity index (χ1) is 9.94. The summed E-state index contributed by atoms with van der Waals surface area (Å²) in [4.78, 5) is 4.39. The Morgan fingerprint density at radius 3 is 2.86 bits per heavy atom. The third kappa shape index (κ3) is 3.91. The maximum absolute atomic E-state index is 12.3. The lowest BCUT2D eigenvalue weighted by Gasteiger charge is -2.10. The van der Waals surface area contributed by atoms with Crippen LogP contribution in [-0.2, 0) is 16.6 Å². The molecule has 0 fully saturated rings. The Morgan fingerprint density at radius 1 is 1.48 bits per heavy atom. The van der Waals surface area contributed by atoms with Gasteiger partial charge in [-0.25, -0.2) is 18.1 Å². The van der Waals surface area contributed by atoms with Crippen molar-refractivity contribution in [2.24, 2.45) is 0 Å². The first-order valence-electron chi connectivity index (χ1n) is 6.57. The van der Waals surface area contributed by atoms with Gasteiger partial charge in [0.2, 0.25) is 10.0 Å². The van der Waals surface area contributed by atoms with Gasteiger partial charge in [0, 0.05) is 30.1 Å². The van der Waals surface area contributed by atoms with Gasteiger partial charge in [-0.05, 0) is 14.0 Å². The van der Waals surface area contributed by atoms with Crippen LogP contribution in [0.15, 0.2) is 27.0 Å². The summed E-state index contributed by atoms with van der Waals surface area (Å²) in [6.45, 7) is 4.39. The molecule has 0 saturated heterocycles. The second-order valence-corrected chi connectivity index (χ2v) is 7.45. The lowest BCUT2D eigenvalue weighted by atomic mass is 10.2. The summed E-state index contributed by atoms with van der Waals surface area (Å²) in [6, 6.07) is 1.56. The molecule has 0 aliphatic carbocycles. The number of rotatable bonds is 7. The van der Waals surface area contributed by atoms with E-state index in [1.165, 1.54) is 11.3 Å². The molecule has 0 spiro atoms. The molecule has 8 heteroatoms. The normalized spacial score (nSPS) is 13.5. The van der Waals surface area contributed by atoms with E-state index in [0.717, 1.165) is 5.01 Å². The fourth-order valence-corrected chi connectivity index (χ4v) is 3.96. The molecular formula is C13H19N3O3S2. The van der Waals surface area contributed by atoms with Crippen LogP contribution in [0.25, 0.3) is 0 Å².